The van der Waals surface area contributed by atoms with Gasteiger partial charge in [0.2, 0.25) is 5.88 Å². The van der Waals surface area contributed by atoms with Gasteiger partial charge in [-0.05, 0) is 58.8 Å². The molecule has 0 saturated carbocycles. The summed E-state index contributed by atoms with van der Waals surface area (Å²) in [5, 5.41) is 13.7. The number of hydrogen-bond donors (Lipinski definition) is 1. The molecule has 1 N–H and O–H groups in total. The van der Waals surface area contributed by atoms with Crippen molar-refractivity contribution in [1.82, 2.24) is 14.5 Å². The van der Waals surface area contributed by atoms with E-state index in [4.69, 9.17) is 9.72 Å². The van der Waals surface area contributed by atoms with Crippen molar-refractivity contribution < 1.29 is 30.9 Å². The zero-order chi connectivity index (χ0) is 27.2. The van der Waals surface area contributed by atoms with Gasteiger partial charge < -0.3 is 14.4 Å². The van der Waals surface area contributed by atoms with Gasteiger partial charge in [-0.25, -0.2) is 9.97 Å². The van der Waals surface area contributed by atoms with E-state index in [0.29, 0.717) is 23.1 Å². The molecule has 0 fully saturated rings. The molecule has 0 unspecified atom stereocenters. The summed E-state index contributed by atoms with van der Waals surface area (Å²) in [5.41, 5.74) is 5.52. The fourth-order valence-electron chi connectivity index (χ4n) is 5.28. The summed E-state index contributed by atoms with van der Waals surface area (Å²) < 4.78 is 8.37. The number of ether oxygens (including phenoxy) is 1. The number of nitrogens with zero attached hydrogens (tertiary/aromatic N) is 3. The van der Waals surface area contributed by atoms with Crippen LogP contribution in [0.2, 0.25) is 0 Å². The van der Waals surface area contributed by atoms with E-state index in [2.05, 4.69) is 53.7 Å². The number of hydrogen-bond acceptors (Lipinski definition) is 4. The van der Waals surface area contributed by atoms with E-state index in [0.717, 1.165) is 49.8 Å². The minimum absolute atomic E-state index is 0. The van der Waals surface area contributed by atoms with E-state index >= 15 is 0 Å². The second kappa shape index (κ2) is 10.8. The van der Waals surface area contributed by atoms with E-state index in [-0.39, 0.29) is 26.8 Å². The van der Waals surface area contributed by atoms with Gasteiger partial charge in [-0.2, -0.15) is 6.07 Å². The molecule has 0 spiro atoms. The topological polar surface area (TPSA) is 60.2 Å². The first-order valence-electron chi connectivity index (χ1n) is 13.4. The first kappa shape index (κ1) is 26.7. The molecule has 6 heteroatoms. The minimum atomic E-state index is 0. The van der Waals surface area contributed by atoms with E-state index in [1.165, 1.54) is 0 Å². The molecule has 204 valence electrons. The third-order valence-corrected chi connectivity index (χ3v) is 7.24. The summed E-state index contributed by atoms with van der Waals surface area (Å²) >= 11 is 0. The third-order valence-electron chi connectivity index (χ3n) is 7.24. The molecule has 0 saturated heterocycles. The molecule has 41 heavy (non-hydrogen) atoms. The molecule has 3 heterocycles. The van der Waals surface area contributed by atoms with Crippen LogP contribution < -0.4 is 4.74 Å². The maximum atomic E-state index is 10.6. The summed E-state index contributed by atoms with van der Waals surface area (Å²) in [6.07, 6.45) is 0. The van der Waals surface area contributed by atoms with Gasteiger partial charge >= 0.3 is 0 Å². The Bertz CT molecular complexity index is 2030. The minimum Gasteiger partial charge on any atom is -0.506 e. The van der Waals surface area contributed by atoms with Crippen molar-refractivity contribution in [3.63, 3.8) is 0 Å². The van der Waals surface area contributed by atoms with Gasteiger partial charge in [0.1, 0.15) is 17.1 Å². The number of phenolic OH excluding ortho intramolecular Hbond substituents is 1. The van der Waals surface area contributed by atoms with Crippen molar-refractivity contribution >= 4 is 32.7 Å². The third kappa shape index (κ3) is 4.77. The zero-order valence-corrected chi connectivity index (χ0v) is 24.8. The predicted octanol–water partition coefficient (Wildman–Crippen LogP) is 8.81. The van der Waals surface area contributed by atoms with Crippen LogP contribution >= 0.6 is 0 Å². The molecule has 0 atom stereocenters. The molecule has 0 bridgehead atoms. The monoisotopic (exact) mass is 715 g/mol. The van der Waals surface area contributed by atoms with Crippen LogP contribution in [-0.2, 0) is 21.1 Å². The second-order valence-electron chi connectivity index (χ2n) is 10.2. The summed E-state index contributed by atoms with van der Waals surface area (Å²) in [6, 6.07) is 39.3. The number of benzene rings is 4. The van der Waals surface area contributed by atoms with E-state index in [9.17, 15) is 5.11 Å². The van der Waals surface area contributed by atoms with Crippen molar-refractivity contribution in [3.8, 4) is 34.3 Å². The number of pyridine rings is 2. The fraction of sp³-hybridized carbons (Fsp3) is 0.0857. The molecule has 3 aromatic heterocycles. The van der Waals surface area contributed by atoms with Crippen molar-refractivity contribution in [2.24, 2.45) is 0 Å². The Morgan fingerprint density at radius 2 is 1.51 bits per heavy atom. The summed E-state index contributed by atoms with van der Waals surface area (Å²) in [6.45, 7) is 4.29. The van der Waals surface area contributed by atoms with Crippen molar-refractivity contribution in [3.05, 3.63) is 121 Å². The Balaban J connectivity index is 0.00000302. The largest absolute Gasteiger partial charge is 0.506 e. The molecule has 7 aromatic rings. The van der Waals surface area contributed by atoms with E-state index in [1.54, 1.807) is 6.07 Å². The molecule has 4 aromatic carbocycles. The second-order valence-corrected chi connectivity index (χ2v) is 10.2. The van der Waals surface area contributed by atoms with Gasteiger partial charge in [0.05, 0.1) is 0 Å². The Morgan fingerprint density at radius 3 is 2.34 bits per heavy atom. The van der Waals surface area contributed by atoms with Gasteiger partial charge in [0, 0.05) is 49.5 Å². The molecule has 0 aliphatic heterocycles. The van der Waals surface area contributed by atoms with E-state index < -0.39 is 0 Å². The maximum absolute atomic E-state index is 10.6. The van der Waals surface area contributed by atoms with Crippen LogP contribution in [0, 0.1) is 6.07 Å². The maximum Gasteiger partial charge on any atom is 0.217 e. The first-order valence-corrected chi connectivity index (χ1v) is 13.4. The Hall–Kier alpha value is -4.47. The molecule has 5 nitrogen and oxygen atoms in total. The van der Waals surface area contributed by atoms with Crippen LogP contribution in [0.3, 0.4) is 0 Å². The SMILES string of the molecule is CC(C)c1cccc(-n2c3[c-]c(Oc4ccc5c(-c6ccccc6)ccc(O)c5n4)ccc3c3ccccc32)n1.[Pt]. The molecule has 0 amide bonds. The standard InChI is InChI=1S/C35H26N3O2.Pt/c1-22(2)29-12-8-14-33(36-29)38-30-13-7-6-11-26(30)27-16-15-24(21-31(27)38)40-34-20-18-28-25(23-9-4-3-5-10-23)17-19-32(39)35(28)37-34;/h3-20,22,39H,1-2H3;/q-1;. The smallest absolute Gasteiger partial charge is 0.217 e. The molecular formula is C35H26N3O2Pt-. The number of aromatic hydroxyl groups is 1. The number of para-hydroxylation sites is 1. The van der Waals surface area contributed by atoms with Crippen molar-refractivity contribution in [1.29, 1.82) is 0 Å². The number of aromatic nitrogens is 3. The van der Waals surface area contributed by atoms with Gasteiger partial charge in [0.15, 0.2) is 0 Å². The van der Waals surface area contributed by atoms with E-state index in [1.807, 2.05) is 78.9 Å². The van der Waals surface area contributed by atoms with Gasteiger partial charge in [-0.15, -0.1) is 17.5 Å². The van der Waals surface area contributed by atoms with Gasteiger partial charge in [-0.3, -0.25) is 0 Å². The summed E-state index contributed by atoms with van der Waals surface area (Å²) in [5.74, 6) is 2.17. The molecule has 0 aliphatic carbocycles. The fourth-order valence-corrected chi connectivity index (χ4v) is 5.28. The molecule has 7 rings (SSSR count). The molecular weight excluding hydrogens is 689 g/mol. The Labute approximate surface area is 252 Å². The Morgan fingerprint density at radius 1 is 0.732 bits per heavy atom. The van der Waals surface area contributed by atoms with Crippen LogP contribution in [0.25, 0.3) is 49.7 Å². The Kier molecular flexibility index (Phi) is 7.06. The number of phenols is 1. The summed E-state index contributed by atoms with van der Waals surface area (Å²) in [4.78, 5) is 9.65. The summed E-state index contributed by atoms with van der Waals surface area (Å²) in [7, 11) is 0. The van der Waals surface area contributed by atoms with Crippen LogP contribution in [0.4, 0.5) is 0 Å². The van der Waals surface area contributed by atoms with Gasteiger partial charge in [-0.1, -0.05) is 74.0 Å². The zero-order valence-electron chi connectivity index (χ0n) is 22.5. The van der Waals surface area contributed by atoms with Crippen molar-refractivity contribution in [2.45, 2.75) is 19.8 Å². The predicted molar refractivity (Wildman–Crippen MR) is 160 cm³/mol. The molecule has 0 radical (unpaired) electrons. The average molecular weight is 716 g/mol. The van der Waals surface area contributed by atoms with Crippen LogP contribution in [0.5, 0.6) is 17.4 Å². The normalized spacial score (nSPS) is 11.3. The van der Waals surface area contributed by atoms with Crippen LogP contribution in [-0.4, -0.2) is 19.6 Å². The van der Waals surface area contributed by atoms with Crippen LogP contribution in [0.1, 0.15) is 25.5 Å². The van der Waals surface area contributed by atoms with Crippen molar-refractivity contribution in [2.75, 3.05) is 0 Å². The number of rotatable bonds is 5. The average Bonchev–Trinajstić information content (AvgIpc) is 3.32. The quantitative estimate of drug-likeness (QED) is 0.181. The number of fused-ring (bicyclic) bond motifs is 4. The van der Waals surface area contributed by atoms with Crippen LogP contribution in [0.15, 0.2) is 109 Å². The first-order chi connectivity index (χ1) is 19.6. The molecule has 0 aliphatic rings. The van der Waals surface area contributed by atoms with Gasteiger partial charge in [0.25, 0.3) is 0 Å².